The molecule has 2 aromatic rings. The maximum absolute atomic E-state index is 13.2. The van der Waals surface area contributed by atoms with E-state index in [1.54, 1.807) is 0 Å². The van der Waals surface area contributed by atoms with Crippen molar-refractivity contribution in [1.82, 2.24) is 10.6 Å². The third kappa shape index (κ3) is 9.18. The second-order valence-corrected chi connectivity index (χ2v) is 9.41. The van der Waals surface area contributed by atoms with Gasteiger partial charge in [-0.1, -0.05) is 56.3 Å². The van der Waals surface area contributed by atoms with Crippen LogP contribution in [0.3, 0.4) is 0 Å². The molecule has 3 atom stereocenters. The van der Waals surface area contributed by atoms with Crippen molar-refractivity contribution in [1.29, 1.82) is 0 Å². The van der Waals surface area contributed by atoms with Gasteiger partial charge in [0.1, 0.15) is 12.1 Å². The fraction of sp³-hybridized carbons (Fsp3) is 0.462. The molecule has 0 aromatic heterocycles. The topological polar surface area (TPSA) is 192 Å². The normalized spacial score (nSPS) is 13.6. The highest BCUT2D eigenvalue weighted by Gasteiger charge is 2.28. The summed E-state index contributed by atoms with van der Waals surface area (Å²) in [6.45, 7) is 4.34. The van der Waals surface area contributed by atoms with E-state index in [9.17, 15) is 14.4 Å². The molecule has 196 valence electrons. The first-order chi connectivity index (χ1) is 17.1. The zero-order valence-corrected chi connectivity index (χ0v) is 21.1. The molecule has 0 bridgehead atoms. The minimum atomic E-state index is -0.931. The molecule has 0 heterocycles. The summed E-state index contributed by atoms with van der Waals surface area (Å²) in [4.78, 5) is 42.0. The molecule has 2 rings (SSSR count). The molecule has 0 radical (unpaired) electrons. The molecule has 0 saturated heterocycles. The zero-order valence-electron chi connectivity index (χ0n) is 21.1. The fourth-order valence-corrected chi connectivity index (χ4v) is 3.98. The summed E-state index contributed by atoms with van der Waals surface area (Å²) in [7, 11) is 0. The van der Waals surface area contributed by atoms with Gasteiger partial charge in [-0.2, -0.15) is 0 Å². The van der Waals surface area contributed by atoms with Crippen molar-refractivity contribution in [3.05, 3.63) is 48.0 Å². The van der Waals surface area contributed by atoms with E-state index in [0.717, 1.165) is 16.3 Å². The first-order valence-electron chi connectivity index (χ1n) is 12.3. The highest BCUT2D eigenvalue weighted by molar-refractivity contribution is 5.93. The first kappa shape index (κ1) is 28.6. The molecule has 10 N–H and O–H groups in total. The van der Waals surface area contributed by atoms with Crippen LogP contribution in [0.25, 0.3) is 10.8 Å². The second-order valence-electron chi connectivity index (χ2n) is 9.41. The number of nitrogens with one attached hydrogen (secondary N) is 2. The van der Waals surface area contributed by atoms with Crippen LogP contribution < -0.4 is 33.6 Å². The van der Waals surface area contributed by atoms with Crippen LogP contribution in [0.5, 0.6) is 0 Å². The summed E-state index contributed by atoms with van der Waals surface area (Å²) in [6.07, 6.45) is 2.38. The standard InChI is InChI=1S/C26H39N7O3/c1-16(2)14-22(33-24(35)20(27)12-5-6-13-31-26(29)30)25(36)32-21(23(28)34)15-18-10-7-9-17-8-3-4-11-19(17)18/h3-4,7-11,16,20-22H,5-6,12-15,27H2,1-2H3,(H2,28,34)(H,32,36)(H,33,35)(H4,29,30,31)/t20-,21-,22-/m0/s1. The molecule has 0 aliphatic heterocycles. The van der Waals surface area contributed by atoms with Crippen molar-refractivity contribution >= 4 is 34.5 Å². The Morgan fingerprint density at radius 3 is 2.22 bits per heavy atom. The molecule has 0 saturated carbocycles. The van der Waals surface area contributed by atoms with Crippen molar-refractivity contribution in [3.8, 4) is 0 Å². The van der Waals surface area contributed by atoms with E-state index in [0.29, 0.717) is 32.2 Å². The Hall–Kier alpha value is -3.66. The predicted octanol–water partition coefficient (Wildman–Crippen LogP) is 0.654. The Labute approximate surface area is 212 Å². The number of primary amides is 1. The lowest BCUT2D eigenvalue weighted by molar-refractivity contribution is -0.132. The van der Waals surface area contributed by atoms with E-state index in [1.165, 1.54) is 0 Å². The number of benzene rings is 2. The highest BCUT2D eigenvalue weighted by Crippen LogP contribution is 2.20. The van der Waals surface area contributed by atoms with Gasteiger partial charge in [-0.3, -0.25) is 19.4 Å². The molecule has 10 heteroatoms. The van der Waals surface area contributed by atoms with Crippen LogP contribution >= 0.6 is 0 Å². The molecular weight excluding hydrogens is 458 g/mol. The Morgan fingerprint density at radius 1 is 0.889 bits per heavy atom. The van der Waals surface area contributed by atoms with Crippen LogP contribution in [0, 0.1) is 5.92 Å². The molecule has 3 amide bonds. The third-order valence-corrected chi connectivity index (χ3v) is 5.86. The van der Waals surface area contributed by atoms with E-state index in [4.69, 9.17) is 22.9 Å². The fourth-order valence-electron chi connectivity index (χ4n) is 3.98. The van der Waals surface area contributed by atoms with Gasteiger partial charge in [0.05, 0.1) is 6.04 Å². The molecule has 0 unspecified atom stereocenters. The second kappa shape index (κ2) is 14.0. The van der Waals surface area contributed by atoms with Crippen molar-refractivity contribution in [2.24, 2.45) is 33.8 Å². The van der Waals surface area contributed by atoms with Gasteiger partial charge < -0.3 is 33.6 Å². The summed E-state index contributed by atoms with van der Waals surface area (Å²) < 4.78 is 0. The smallest absolute Gasteiger partial charge is 0.243 e. The summed E-state index contributed by atoms with van der Waals surface area (Å²) >= 11 is 0. The number of fused-ring (bicyclic) bond motifs is 1. The third-order valence-electron chi connectivity index (χ3n) is 5.86. The summed E-state index contributed by atoms with van der Waals surface area (Å²) in [5, 5.41) is 7.51. The van der Waals surface area contributed by atoms with Crippen molar-refractivity contribution in [3.63, 3.8) is 0 Å². The number of aliphatic imine (C=N–C) groups is 1. The molecule has 0 fully saturated rings. The SMILES string of the molecule is CC(C)C[C@H](NC(=O)[C@@H](N)CCCCN=C(N)N)C(=O)N[C@@H](Cc1cccc2ccccc12)C(N)=O. The molecule has 10 nitrogen and oxygen atoms in total. The van der Waals surface area contributed by atoms with E-state index >= 15 is 0 Å². The van der Waals surface area contributed by atoms with Gasteiger partial charge in [-0.25, -0.2) is 0 Å². The number of hydrogen-bond donors (Lipinski definition) is 6. The van der Waals surface area contributed by atoms with E-state index < -0.39 is 35.8 Å². The lowest BCUT2D eigenvalue weighted by Crippen LogP contribution is -2.56. The van der Waals surface area contributed by atoms with E-state index in [2.05, 4.69) is 15.6 Å². The Balaban J connectivity index is 2.04. The number of hydrogen-bond acceptors (Lipinski definition) is 5. The van der Waals surface area contributed by atoms with Crippen LogP contribution in [0.1, 0.15) is 45.1 Å². The number of rotatable bonds is 14. The van der Waals surface area contributed by atoms with Crippen molar-refractivity contribution in [2.45, 2.75) is 64.1 Å². The minimum Gasteiger partial charge on any atom is -0.370 e. The number of guanidine groups is 1. The number of carbonyl (C=O) groups is 3. The van der Waals surface area contributed by atoms with Gasteiger partial charge in [0, 0.05) is 13.0 Å². The number of amides is 3. The van der Waals surface area contributed by atoms with Crippen LogP contribution in [-0.4, -0.2) is 48.4 Å². The average molecular weight is 498 g/mol. The molecule has 0 aliphatic carbocycles. The Kier molecular flexibility index (Phi) is 11.1. The van der Waals surface area contributed by atoms with Crippen molar-refractivity contribution < 1.29 is 14.4 Å². The average Bonchev–Trinajstić information content (AvgIpc) is 2.82. The number of carbonyl (C=O) groups excluding carboxylic acids is 3. The van der Waals surface area contributed by atoms with Gasteiger partial charge in [0.15, 0.2) is 5.96 Å². The van der Waals surface area contributed by atoms with Gasteiger partial charge in [-0.05, 0) is 47.9 Å². The van der Waals surface area contributed by atoms with E-state index in [-0.39, 0.29) is 18.3 Å². The maximum atomic E-state index is 13.2. The van der Waals surface area contributed by atoms with Gasteiger partial charge in [0.2, 0.25) is 17.7 Å². The first-order valence-corrected chi connectivity index (χ1v) is 12.3. The minimum absolute atomic E-state index is 0.0225. The molecular formula is C26H39N7O3. The van der Waals surface area contributed by atoms with Crippen LogP contribution in [0.4, 0.5) is 0 Å². The predicted molar refractivity (Wildman–Crippen MR) is 143 cm³/mol. The van der Waals surface area contributed by atoms with Gasteiger partial charge >= 0.3 is 0 Å². The van der Waals surface area contributed by atoms with Gasteiger partial charge in [0.25, 0.3) is 0 Å². The van der Waals surface area contributed by atoms with E-state index in [1.807, 2.05) is 56.3 Å². The van der Waals surface area contributed by atoms with Crippen LogP contribution in [-0.2, 0) is 20.8 Å². The maximum Gasteiger partial charge on any atom is 0.243 e. The number of unbranched alkanes of at least 4 members (excludes halogenated alkanes) is 1. The summed E-state index contributed by atoms with van der Waals surface area (Å²) in [5.41, 5.74) is 23.2. The lowest BCUT2D eigenvalue weighted by Gasteiger charge is -2.24. The Morgan fingerprint density at radius 2 is 1.56 bits per heavy atom. The molecule has 0 spiro atoms. The quantitative estimate of drug-likeness (QED) is 0.126. The zero-order chi connectivity index (χ0) is 26.7. The van der Waals surface area contributed by atoms with Gasteiger partial charge in [-0.15, -0.1) is 0 Å². The summed E-state index contributed by atoms with van der Waals surface area (Å²) in [5.74, 6) is -1.41. The molecule has 2 aromatic carbocycles. The largest absolute Gasteiger partial charge is 0.370 e. The summed E-state index contributed by atoms with van der Waals surface area (Å²) in [6, 6.07) is 11.0. The number of nitrogens with two attached hydrogens (primary N) is 4. The number of nitrogens with zero attached hydrogens (tertiary/aromatic N) is 1. The lowest BCUT2D eigenvalue weighted by atomic mass is 9.97. The molecule has 0 aliphatic rings. The molecule has 36 heavy (non-hydrogen) atoms. The highest BCUT2D eigenvalue weighted by atomic mass is 16.2. The van der Waals surface area contributed by atoms with Crippen LogP contribution in [0.2, 0.25) is 0 Å². The monoisotopic (exact) mass is 497 g/mol. The van der Waals surface area contributed by atoms with Crippen molar-refractivity contribution in [2.75, 3.05) is 6.54 Å². The Bertz CT molecular complexity index is 1060. The van der Waals surface area contributed by atoms with Crippen LogP contribution in [0.15, 0.2) is 47.5 Å².